The van der Waals surface area contributed by atoms with Crippen LogP contribution in [-0.2, 0) is 4.74 Å². The molecule has 1 atom stereocenters. The molecule has 0 aromatic rings. The van der Waals surface area contributed by atoms with Crippen LogP contribution >= 0.6 is 0 Å². The quantitative estimate of drug-likeness (QED) is 0.333. The molecular formula is C7H14O3. The highest BCUT2D eigenvalue weighted by atomic mass is 16.6. The molecule has 0 rings (SSSR count). The Morgan fingerprint density at radius 3 is 2.70 bits per heavy atom. The zero-order valence-corrected chi connectivity index (χ0v) is 6.21. The molecule has 60 valence electrons. The van der Waals surface area contributed by atoms with Gasteiger partial charge in [0.15, 0.2) is 6.29 Å². The Labute approximate surface area is 60.9 Å². The molecule has 0 aliphatic carbocycles. The van der Waals surface area contributed by atoms with E-state index < -0.39 is 6.29 Å². The molecule has 3 nitrogen and oxygen atoms in total. The molecule has 0 aliphatic heterocycles. The van der Waals surface area contributed by atoms with Gasteiger partial charge in [0.05, 0.1) is 6.61 Å². The lowest BCUT2D eigenvalue weighted by molar-refractivity contribution is -0.0745. The average Bonchev–Trinajstić information content (AvgIpc) is 1.88. The van der Waals surface area contributed by atoms with Crippen molar-refractivity contribution >= 4 is 0 Å². The Kier molecular flexibility index (Phi) is 5.20. The Morgan fingerprint density at radius 1 is 1.70 bits per heavy atom. The third kappa shape index (κ3) is 4.49. The normalized spacial score (nSPS) is 13.1. The van der Waals surface area contributed by atoms with Crippen molar-refractivity contribution in [2.24, 2.45) is 0 Å². The molecule has 0 aromatic heterocycles. The number of hydrogen-bond donors (Lipinski definition) is 2. The number of aliphatic hydroxyl groups is 2. The topological polar surface area (TPSA) is 49.7 Å². The first-order valence-electron chi connectivity index (χ1n) is 3.24. The summed E-state index contributed by atoms with van der Waals surface area (Å²) in [4.78, 5) is 0. The fourth-order valence-electron chi connectivity index (χ4n) is 0.402. The Balaban J connectivity index is 3.21. The van der Waals surface area contributed by atoms with Gasteiger partial charge in [-0.25, -0.2) is 0 Å². The molecule has 0 saturated carbocycles. The van der Waals surface area contributed by atoms with Crippen molar-refractivity contribution in [3.63, 3.8) is 0 Å². The number of aliphatic hydroxyl groups excluding tert-OH is 2. The van der Waals surface area contributed by atoms with E-state index in [0.29, 0.717) is 18.6 Å². The molecule has 0 spiro atoms. The highest BCUT2D eigenvalue weighted by molar-refractivity contribution is 4.91. The maximum Gasteiger partial charge on any atom is 0.176 e. The van der Waals surface area contributed by atoms with Gasteiger partial charge in [-0.15, -0.1) is 0 Å². The van der Waals surface area contributed by atoms with Gasteiger partial charge < -0.3 is 14.9 Å². The van der Waals surface area contributed by atoms with Crippen molar-refractivity contribution in [2.45, 2.75) is 19.6 Å². The molecule has 2 N–H and O–H groups in total. The third-order valence-electron chi connectivity index (χ3n) is 1.000. The molecular weight excluding hydrogens is 132 g/mol. The van der Waals surface area contributed by atoms with Gasteiger partial charge in [0.1, 0.15) is 0 Å². The molecule has 10 heavy (non-hydrogen) atoms. The van der Waals surface area contributed by atoms with E-state index in [9.17, 15) is 0 Å². The van der Waals surface area contributed by atoms with Crippen LogP contribution in [0.3, 0.4) is 0 Å². The minimum Gasteiger partial charge on any atom is -0.396 e. The van der Waals surface area contributed by atoms with Crippen LogP contribution in [0.1, 0.15) is 13.3 Å². The molecule has 0 radical (unpaired) electrons. The molecule has 0 saturated heterocycles. The zero-order chi connectivity index (χ0) is 7.98. The lowest BCUT2D eigenvalue weighted by atomic mass is 10.3. The summed E-state index contributed by atoms with van der Waals surface area (Å²) in [6, 6.07) is 0. The fourth-order valence-corrected chi connectivity index (χ4v) is 0.402. The summed E-state index contributed by atoms with van der Waals surface area (Å²) in [5.74, 6) is 0. The van der Waals surface area contributed by atoms with Crippen LogP contribution in [0.25, 0.3) is 0 Å². The van der Waals surface area contributed by atoms with Gasteiger partial charge in [0.2, 0.25) is 0 Å². The zero-order valence-electron chi connectivity index (χ0n) is 6.21. The summed E-state index contributed by atoms with van der Waals surface area (Å²) in [5, 5.41) is 17.3. The molecule has 3 heteroatoms. The second-order valence-electron chi connectivity index (χ2n) is 2.15. The molecule has 1 unspecified atom stereocenters. The number of hydrogen-bond acceptors (Lipinski definition) is 3. The van der Waals surface area contributed by atoms with E-state index in [1.807, 2.05) is 0 Å². The van der Waals surface area contributed by atoms with E-state index in [2.05, 4.69) is 6.58 Å². The van der Waals surface area contributed by atoms with Crippen LogP contribution in [0.5, 0.6) is 0 Å². The van der Waals surface area contributed by atoms with Crippen LogP contribution in [0.15, 0.2) is 12.2 Å². The molecule has 0 amide bonds. The predicted molar refractivity (Wildman–Crippen MR) is 38.5 cm³/mol. The molecule has 0 fully saturated rings. The summed E-state index contributed by atoms with van der Waals surface area (Å²) in [5.41, 5.74) is 0.581. The van der Waals surface area contributed by atoms with Gasteiger partial charge in [-0.2, -0.15) is 0 Å². The number of rotatable bonds is 5. The second-order valence-corrected chi connectivity index (χ2v) is 2.15. The highest BCUT2D eigenvalue weighted by Crippen LogP contribution is 1.99. The molecule has 0 heterocycles. The smallest absolute Gasteiger partial charge is 0.176 e. The van der Waals surface area contributed by atoms with Gasteiger partial charge >= 0.3 is 0 Å². The van der Waals surface area contributed by atoms with E-state index in [4.69, 9.17) is 14.9 Å². The third-order valence-corrected chi connectivity index (χ3v) is 1.000. The van der Waals surface area contributed by atoms with Crippen molar-refractivity contribution < 1.29 is 14.9 Å². The van der Waals surface area contributed by atoms with Crippen molar-refractivity contribution in [2.75, 3.05) is 13.2 Å². The van der Waals surface area contributed by atoms with E-state index in [-0.39, 0.29) is 6.61 Å². The average molecular weight is 146 g/mol. The summed E-state index contributed by atoms with van der Waals surface area (Å²) in [7, 11) is 0. The van der Waals surface area contributed by atoms with E-state index in [1.54, 1.807) is 6.92 Å². The van der Waals surface area contributed by atoms with Crippen LogP contribution in [0.2, 0.25) is 0 Å². The van der Waals surface area contributed by atoms with Crippen molar-refractivity contribution in [1.82, 2.24) is 0 Å². The Morgan fingerprint density at radius 2 is 2.30 bits per heavy atom. The highest BCUT2D eigenvalue weighted by Gasteiger charge is 2.01. The number of ether oxygens (including phenoxy) is 1. The van der Waals surface area contributed by atoms with Gasteiger partial charge in [0, 0.05) is 6.61 Å². The van der Waals surface area contributed by atoms with E-state index >= 15 is 0 Å². The maximum atomic E-state index is 8.95. The molecule has 0 aliphatic rings. The van der Waals surface area contributed by atoms with E-state index in [1.165, 1.54) is 0 Å². The van der Waals surface area contributed by atoms with Gasteiger partial charge in [-0.3, -0.25) is 0 Å². The van der Waals surface area contributed by atoms with Crippen LogP contribution in [-0.4, -0.2) is 29.7 Å². The summed E-state index contributed by atoms with van der Waals surface area (Å²) in [6.07, 6.45) is -0.337. The Hall–Kier alpha value is -0.380. The van der Waals surface area contributed by atoms with Crippen molar-refractivity contribution in [3.8, 4) is 0 Å². The van der Waals surface area contributed by atoms with E-state index in [0.717, 1.165) is 0 Å². The summed E-state index contributed by atoms with van der Waals surface area (Å²) < 4.78 is 4.84. The molecule has 0 aromatic carbocycles. The lowest BCUT2D eigenvalue weighted by Crippen LogP contribution is -2.13. The standard InChI is InChI=1S/C7H14O3/c1-6(2)7(9)10-5-3-4-8/h7-9H,1,3-5H2,2H3. The Bertz CT molecular complexity index is 101. The molecule has 0 bridgehead atoms. The van der Waals surface area contributed by atoms with Gasteiger partial charge in [-0.1, -0.05) is 6.58 Å². The van der Waals surface area contributed by atoms with Crippen molar-refractivity contribution in [1.29, 1.82) is 0 Å². The monoisotopic (exact) mass is 146 g/mol. The maximum absolute atomic E-state index is 8.95. The summed E-state index contributed by atoms with van der Waals surface area (Å²) in [6.45, 7) is 5.63. The SMILES string of the molecule is C=C(C)C(O)OCCCO. The summed E-state index contributed by atoms with van der Waals surface area (Å²) >= 11 is 0. The fraction of sp³-hybridized carbons (Fsp3) is 0.714. The van der Waals surface area contributed by atoms with Gasteiger partial charge in [0.25, 0.3) is 0 Å². The largest absolute Gasteiger partial charge is 0.396 e. The minimum absolute atomic E-state index is 0.0862. The van der Waals surface area contributed by atoms with Crippen LogP contribution in [0.4, 0.5) is 0 Å². The second kappa shape index (κ2) is 5.41. The van der Waals surface area contributed by atoms with Gasteiger partial charge in [-0.05, 0) is 18.9 Å². The first-order chi connectivity index (χ1) is 4.68. The minimum atomic E-state index is -0.883. The first kappa shape index (κ1) is 9.62. The lowest BCUT2D eigenvalue weighted by Gasteiger charge is -2.09. The van der Waals surface area contributed by atoms with Crippen LogP contribution < -0.4 is 0 Å². The predicted octanol–water partition coefficient (Wildman–Crippen LogP) is 0.280. The first-order valence-corrected chi connectivity index (χ1v) is 3.24. The van der Waals surface area contributed by atoms with Crippen LogP contribution in [0, 0.1) is 0 Å². The van der Waals surface area contributed by atoms with Crippen molar-refractivity contribution in [3.05, 3.63) is 12.2 Å².